The third-order valence-corrected chi connectivity index (χ3v) is 3.44. The summed E-state index contributed by atoms with van der Waals surface area (Å²) in [4.78, 5) is 12.6. The molecule has 3 heteroatoms. The Kier molecular flexibility index (Phi) is 4.48. The molecule has 20 heavy (non-hydrogen) atoms. The summed E-state index contributed by atoms with van der Waals surface area (Å²) in [5.74, 6) is 0.537. The number of aryl methyl sites for hydroxylation is 1. The Hall–Kier alpha value is -1.77. The first-order chi connectivity index (χ1) is 9.52. The first-order valence-corrected chi connectivity index (χ1v) is 7.42. The summed E-state index contributed by atoms with van der Waals surface area (Å²) in [5.41, 5.74) is 4.22. The fourth-order valence-electron chi connectivity index (χ4n) is 2.55. The van der Waals surface area contributed by atoms with Crippen molar-refractivity contribution in [1.82, 2.24) is 9.78 Å². The average molecular weight is 272 g/mol. The van der Waals surface area contributed by atoms with Gasteiger partial charge in [0.2, 0.25) is 0 Å². The van der Waals surface area contributed by atoms with Crippen molar-refractivity contribution in [3.05, 3.63) is 51.4 Å². The number of aromatic amines is 1. The third-order valence-electron chi connectivity index (χ3n) is 3.44. The van der Waals surface area contributed by atoms with Crippen LogP contribution in [-0.2, 0) is 12.8 Å². The Balaban J connectivity index is 2.52. The second-order valence-corrected chi connectivity index (χ2v) is 5.90. The van der Waals surface area contributed by atoms with Gasteiger partial charge >= 0.3 is 0 Å². The maximum absolute atomic E-state index is 12.6. The summed E-state index contributed by atoms with van der Waals surface area (Å²) in [7, 11) is 0. The lowest BCUT2D eigenvalue weighted by Gasteiger charge is -2.05. The normalized spacial score (nSPS) is 11.2. The van der Waals surface area contributed by atoms with Crippen LogP contribution in [-0.4, -0.2) is 9.78 Å². The minimum atomic E-state index is 0.105. The predicted molar refractivity (Wildman–Crippen MR) is 83.7 cm³/mol. The van der Waals surface area contributed by atoms with Crippen LogP contribution in [0.4, 0.5) is 0 Å². The molecule has 0 radical (unpaired) electrons. The summed E-state index contributed by atoms with van der Waals surface area (Å²) in [6, 6.07) is 8.03. The maximum Gasteiger partial charge on any atom is 0.274 e. The second kappa shape index (κ2) is 6.12. The molecule has 3 nitrogen and oxygen atoms in total. The van der Waals surface area contributed by atoms with Gasteiger partial charge in [0, 0.05) is 11.3 Å². The van der Waals surface area contributed by atoms with Gasteiger partial charge in [-0.2, -0.15) is 0 Å². The van der Waals surface area contributed by atoms with E-state index in [1.165, 1.54) is 0 Å². The largest absolute Gasteiger partial charge is 0.295 e. The van der Waals surface area contributed by atoms with Crippen molar-refractivity contribution < 1.29 is 0 Å². The van der Waals surface area contributed by atoms with Gasteiger partial charge in [-0.3, -0.25) is 9.89 Å². The standard InChI is InChI=1S/C17H24N2O/c1-5-7-15-16(10-12(2)3)18-19(17(15)20)14-9-6-8-13(4)11-14/h6,8-9,11-12,18H,5,7,10H2,1-4H3. The van der Waals surface area contributed by atoms with E-state index in [0.29, 0.717) is 5.92 Å². The van der Waals surface area contributed by atoms with Gasteiger partial charge in [0.05, 0.1) is 5.69 Å². The predicted octanol–water partition coefficient (Wildman–Crippen LogP) is 3.63. The molecule has 2 rings (SSSR count). The van der Waals surface area contributed by atoms with E-state index in [0.717, 1.165) is 41.8 Å². The molecule has 0 amide bonds. The molecule has 0 aliphatic rings. The molecule has 0 unspecified atom stereocenters. The molecule has 0 spiro atoms. The number of nitrogens with one attached hydrogen (secondary N) is 1. The number of benzene rings is 1. The molecule has 0 bridgehead atoms. The molecule has 108 valence electrons. The number of H-pyrrole nitrogens is 1. The Morgan fingerprint density at radius 1 is 1.30 bits per heavy atom. The monoisotopic (exact) mass is 272 g/mol. The first kappa shape index (κ1) is 14.6. The van der Waals surface area contributed by atoms with Gasteiger partial charge in [0.25, 0.3) is 5.56 Å². The number of aromatic nitrogens is 2. The van der Waals surface area contributed by atoms with E-state index in [2.05, 4.69) is 25.9 Å². The van der Waals surface area contributed by atoms with Crippen LogP contribution in [0, 0.1) is 12.8 Å². The fraction of sp³-hybridized carbons (Fsp3) is 0.471. The highest BCUT2D eigenvalue weighted by Gasteiger charge is 2.15. The van der Waals surface area contributed by atoms with Crippen LogP contribution in [0.25, 0.3) is 5.69 Å². The van der Waals surface area contributed by atoms with Crippen molar-refractivity contribution in [2.24, 2.45) is 5.92 Å². The third kappa shape index (κ3) is 3.03. The first-order valence-electron chi connectivity index (χ1n) is 7.42. The van der Waals surface area contributed by atoms with Gasteiger partial charge in [0.15, 0.2) is 0 Å². The van der Waals surface area contributed by atoms with Gasteiger partial charge in [-0.05, 0) is 43.4 Å². The quantitative estimate of drug-likeness (QED) is 0.887. The van der Waals surface area contributed by atoms with Crippen molar-refractivity contribution in [2.45, 2.75) is 47.0 Å². The lowest BCUT2D eigenvalue weighted by molar-refractivity contribution is 0.623. The average Bonchev–Trinajstić information content (AvgIpc) is 2.67. The van der Waals surface area contributed by atoms with Gasteiger partial charge in [-0.15, -0.1) is 0 Å². The maximum atomic E-state index is 12.6. The van der Waals surface area contributed by atoms with Crippen LogP contribution < -0.4 is 5.56 Å². The van der Waals surface area contributed by atoms with E-state index in [4.69, 9.17) is 0 Å². The van der Waals surface area contributed by atoms with E-state index < -0.39 is 0 Å². The highest BCUT2D eigenvalue weighted by Crippen LogP contribution is 2.14. The molecule has 2 aromatic rings. The lowest BCUT2D eigenvalue weighted by atomic mass is 10.0. The number of hydrogen-bond acceptors (Lipinski definition) is 1. The lowest BCUT2D eigenvalue weighted by Crippen LogP contribution is -2.17. The zero-order valence-corrected chi connectivity index (χ0v) is 12.9. The second-order valence-electron chi connectivity index (χ2n) is 5.90. The van der Waals surface area contributed by atoms with Gasteiger partial charge < -0.3 is 0 Å². The van der Waals surface area contributed by atoms with Crippen LogP contribution in [0.3, 0.4) is 0 Å². The van der Waals surface area contributed by atoms with E-state index >= 15 is 0 Å². The summed E-state index contributed by atoms with van der Waals surface area (Å²) in [6.45, 7) is 8.51. The zero-order chi connectivity index (χ0) is 14.7. The molecular formula is C17H24N2O. The van der Waals surface area contributed by atoms with Crippen LogP contribution in [0.5, 0.6) is 0 Å². The van der Waals surface area contributed by atoms with Gasteiger partial charge in [-0.25, -0.2) is 4.68 Å². The molecule has 1 aromatic heterocycles. The van der Waals surface area contributed by atoms with Gasteiger partial charge in [-0.1, -0.05) is 39.3 Å². The van der Waals surface area contributed by atoms with Crippen molar-refractivity contribution in [3.63, 3.8) is 0 Å². The van der Waals surface area contributed by atoms with Crippen LogP contribution in [0.2, 0.25) is 0 Å². The van der Waals surface area contributed by atoms with Gasteiger partial charge in [0.1, 0.15) is 0 Å². The summed E-state index contributed by atoms with van der Waals surface area (Å²) < 4.78 is 1.69. The number of hydrogen-bond donors (Lipinski definition) is 1. The molecule has 0 aliphatic heterocycles. The van der Waals surface area contributed by atoms with E-state index in [1.807, 2.05) is 31.2 Å². The molecule has 0 saturated heterocycles. The highest BCUT2D eigenvalue weighted by atomic mass is 16.1. The van der Waals surface area contributed by atoms with E-state index in [9.17, 15) is 4.79 Å². The van der Waals surface area contributed by atoms with Crippen molar-refractivity contribution in [3.8, 4) is 5.69 Å². The Morgan fingerprint density at radius 2 is 2.05 bits per heavy atom. The topological polar surface area (TPSA) is 37.8 Å². The SMILES string of the molecule is CCCc1c(CC(C)C)[nH]n(-c2cccc(C)c2)c1=O. The summed E-state index contributed by atoms with van der Waals surface area (Å²) in [6.07, 6.45) is 2.76. The summed E-state index contributed by atoms with van der Waals surface area (Å²) >= 11 is 0. The minimum absolute atomic E-state index is 0.105. The molecule has 0 atom stereocenters. The molecule has 0 saturated carbocycles. The van der Waals surface area contributed by atoms with Crippen molar-refractivity contribution >= 4 is 0 Å². The van der Waals surface area contributed by atoms with E-state index in [-0.39, 0.29) is 5.56 Å². The minimum Gasteiger partial charge on any atom is -0.295 e. The Labute approximate surface area is 120 Å². The fourth-order valence-corrected chi connectivity index (χ4v) is 2.55. The molecule has 0 aliphatic carbocycles. The van der Waals surface area contributed by atoms with Crippen LogP contribution >= 0.6 is 0 Å². The van der Waals surface area contributed by atoms with Crippen LogP contribution in [0.1, 0.15) is 44.0 Å². The van der Waals surface area contributed by atoms with E-state index in [1.54, 1.807) is 4.68 Å². The highest BCUT2D eigenvalue weighted by molar-refractivity contribution is 5.36. The molecule has 0 fully saturated rings. The van der Waals surface area contributed by atoms with Crippen molar-refractivity contribution in [1.29, 1.82) is 0 Å². The van der Waals surface area contributed by atoms with Crippen molar-refractivity contribution in [2.75, 3.05) is 0 Å². The Bertz CT molecular complexity index is 635. The smallest absolute Gasteiger partial charge is 0.274 e. The summed E-state index contributed by atoms with van der Waals surface area (Å²) in [5, 5.41) is 3.31. The zero-order valence-electron chi connectivity index (χ0n) is 12.9. The molecule has 1 aromatic carbocycles. The molecular weight excluding hydrogens is 248 g/mol. The Morgan fingerprint density at radius 3 is 2.65 bits per heavy atom. The number of nitrogens with zero attached hydrogens (tertiary/aromatic N) is 1. The number of rotatable bonds is 5. The molecule has 1 N–H and O–H groups in total. The molecule has 1 heterocycles. The van der Waals surface area contributed by atoms with Crippen LogP contribution in [0.15, 0.2) is 29.1 Å².